The Morgan fingerprint density at radius 1 is 0.882 bits per heavy atom. The highest BCUT2D eigenvalue weighted by Crippen LogP contribution is 2.25. The minimum Gasteiger partial charge on any atom is -0.393 e. The van der Waals surface area contributed by atoms with Crippen LogP contribution in [0.25, 0.3) is 0 Å². The van der Waals surface area contributed by atoms with Gasteiger partial charge in [-0.25, -0.2) is 13.1 Å². The van der Waals surface area contributed by atoms with E-state index in [0.29, 0.717) is 0 Å². The maximum absolute atomic E-state index is 12.2. The first-order valence-electron chi connectivity index (χ1n) is 6.77. The average molecular weight is 261 g/mol. The van der Waals surface area contributed by atoms with E-state index in [4.69, 9.17) is 0 Å². The SMILES string of the molecule is O=S(=O)(NC1CCC(O)CC1)C1CCCCC1. The van der Waals surface area contributed by atoms with Crippen LogP contribution in [-0.4, -0.2) is 30.9 Å². The summed E-state index contributed by atoms with van der Waals surface area (Å²) in [7, 11) is -3.13. The number of aliphatic hydroxyl groups excluding tert-OH is 1. The summed E-state index contributed by atoms with van der Waals surface area (Å²) in [5.74, 6) is 0. The van der Waals surface area contributed by atoms with Crippen LogP contribution in [0.15, 0.2) is 0 Å². The van der Waals surface area contributed by atoms with Gasteiger partial charge in [0.2, 0.25) is 10.0 Å². The molecule has 2 N–H and O–H groups in total. The van der Waals surface area contributed by atoms with Crippen molar-refractivity contribution >= 4 is 10.0 Å². The van der Waals surface area contributed by atoms with E-state index in [9.17, 15) is 13.5 Å². The maximum Gasteiger partial charge on any atom is 0.214 e. The van der Waals surface area contributed by atoms with Gasteiger partial charge in [0, 0.05) is 6.04 Å². The Morgan fingerprint density at radius 3 is 2.06 bits per heavy atom. The van der Waals surface area contributed by atoms with Crippen LogP contribution in [0, 0.1) is 0 Å². The molecule has 2 rings (SSSR count). The second-order valence-electron chi connectivity index (χ2n) is 5.43. The Labute approximate surface area is 104 Å². The third-order valence-corrected chi connectivity index (χ3v) is 6.03. The van der Waals surface area contributed by atoms with E-state index in [1.807, 2.05) is 0 Å². The summed E-state index contributed by atoms with van der Waals surface area (Å²) in [6.45, 7) is 0. The van der Waals surface area contributed by atoms with Crippen molar-refractivity contribution in [1.29, 1.82) is 0 Å². The Bertz CT molecular complexity index is 328. The minimum absolute atomic E-state index is 0.0466. The number of aliphatic hydroxyl groups is 1. The largest absolute Gasteiger partial charge is 0.393 e. The smallest absolute Gasteiger partial charge is 0.214 e. The summed E-state index contributed by atoms with van der Waals surface area (Å²) in [6, 6.07) is 0.0466. The van der Waals surface area contributed by atoms with Crippen molar-refractivity contribution in [2.75, 3.05) is 0 Å². The molecule has 2 fully saturated rings. The molecule has 4 nitrogen and oxygen atoms in total. The number of rotatable bonds is 3. The van der Waals surface area contributed by atoms with Crippen molar-refractivity contribution < 1.29 is 13.5 Å². The van der Waals surface area contributed by atoms with Gasteiger partial charge in [-0.05, 0) is 38.5 Å². The van der Waals surface area contributed by atoms with Gasteiger partial charge < -0.3 is 5.11 Å². The van der Waals surface area contributed by atoms with Crippen LogP contribution in [0.2, 0.25) is 0 Å². The molecule has 0 bridgehead atoms. The summed E-state index contributed by atoms with van der Waals surface area (Å²) in [5.41, 5.74) is 0. The van der Waals surface area contributed by atoms with Gasteiger partial charge in [-0.1, -0.05) is 19.3 Å². The predicted molar refractivity (Wildman–Crippen MR) is 67.2 cm³/mol. The molecule has 5 heteroatoms. The fraction of sp³-hybridized carbons (Fsp3) is 1.00. The minimum atomic E-state index is -3.13. The molecule has 100 valence electrons. The summed E-state index contributed by atoms with van der Waals surface area (Å²) < 4.78 is 27.2. The van der Waals surface area contributed by atoms with Crippen molar-refractivity contribution in [3.8, 4) is 0 Å². The quantitative estimate of drug-likeness (QED) is 0.810. The number of sulfonamides is 1. The average Bonchev–Trinajstić information content (AvgIpc) is 2.33. The first kappa shape index (κ1) is 13.3. The lowest BCUT2D eigenvalue weighted by molar-refractivity contribution is 0.120. The Morgan fingerprint density at radius 2 is 1.47 bits per heavy atom. The molecule has 2 aliphatic carbocycles. The monoisotopic (exact) mass is 261 g/mol. The van der Waals surface area contributed by atoms with Gasteiger partial charge in [-0.3, -0.25) is 0 Å². The van der Waals surface area contributed by atoms with Crippen LogP contribution in [-0.2, 0) is 10.0 Å². The van der Waals surface area contributed by atoms with Crippen LogP contribution < -0.4 is 4.72 Å². The summed E-state index contributed by atoms with van der Waals surface area (Å²) in [4.78, 5) is 0. The zero-order chi connectivity index (χ0) is 12.3. The van der Waals surface area contributed by atoms with Gasteiger partial charge in [0.05, 0.1) is 11.4 Å². The van der Waals surface area contributed by atoms with Gasteiger partial charge in [0.25, 0.3) is 0 Å². The van der Waals surface area contributed by atoms with E-state index < -0.39 is 10.0 Å². The molecule has 0 aromatic rings. The van der Waals surface area contributed by atoms with Gasteiger partial charge in [0.15, 0.2) is 0 Å². The molecule has 2 aliphatic rings. The van der Waals surface area contributed by atoms with Crippen LogP contribution in [0.4, 0.5) is 0 Å². The molecule has 0 atom stereocenters. The fourth-order valence-electron chi connectivity index (χ4n) is 2.90. The third kappa shape index (κ3) is 3.66. The molecular weight excluding hydrogens is 238 g/mol. The molecule has 0 aromatic heterocycles. The van der Waals surface area contributed by atoms with Crippen LogP contribution in [0.3, 0.4) is 0 Å². The first-order valence-corrected chi connectivity index (χ1v) is 8.32. The summed E-state index contributed by atoms with van der Waals surface area (Å²) in [5, 5.41) is 9.22. The van der Waals surface area contributed by atoms with Crippen molar-refractivity contribution in [2.24, 2.45) is 0 Å². The number of hydrogen-bond acceptors (Lipinski definition) is 3. The van der Waals surface area contributed by atoms with E-state index in [1.165, 1.54) is 6.42 Å². The third-order valence-electron chi connectivity index (χ3n) is 4.02. The van der Waals surface area contributed by atoms with E-state index in [-0.39, 0.29) is 17.4 Å². The Balaban J connectivity index is 1.88. The predicted octanol–water partition coefficient (Wildman–Crippen LogP) is 1.54. The molecule has 0 radical (unpaired) electrons. The zero-order valence-electron chi connectivity index (χ0n) is 10.3. The van der Waals surface area contributed by atoms with Crippen LogP contribution in [0.5, 0.6) is 0 Å². The molecule has 0 heterocycles. The molecule has 0 unspecified atom stereocenters. The highest BCUT2D eigenvalue weighted by molar-refractivity contribution is 7.90. The summed E-state index contributed by atoms with van der Waals surface area (Å²) in [6.07, 6.45) is 7.61. The lowest BCUT2D eigenvalue weighted by atomic mass is 9.94. The zero-order valence-corrected chi connectivity index (χ0v) is 11.1. The maximum atomic E-state index is 12.2. The van der Waals surface area contributed by atoms with Gasteiger partial charge in [0.1, 0.15) is 0 Å². The highest BCUT2D eigenvalue weighted by Gasteiger charge is 2.30. The molecule has 0 spiro atoms. The lowest BCUT2D eigenvalue weighted by Crippen LogP contribution is -2.43. The number of hydrogen-bond donors (Lipinski definition) is 2. The molecule has 0 aromatic carbocycles. The molecular formula is C12H23NO3S. The Kier molecular flexibility index (Phi) is 4.44. The summed E-state index contributed by atoms with van der Waals surface area (Å²) >= 11 is 0. The molecule has 17 heavy (non-hydrogen) atoms. The van der Waals surface area contributed by atoms with E-state index in [1.54, 1.807) is 0 Å². The second kappa shape index (κ2) is 5.67. The first-order chi connectivity index (χ1) is 8.08. The highest BCUT2D eigenvalue weighted by atomic mass is 32.2. The van der Waals surface area contributed by atoms with Crippen LogP contribution in [0.1, 0.15) is 57.8 Å². The van der Waals surface area contributed by atoms with Gasteiger partial charge in [-0.15, -0.1) is 0 Å². The van der Waals surface area contributed by atoms with E-state index in [2.05, 4.69) is 4.72 Å². The topological polar surface area (TPSA) is 66.4 Å². The van der Waals surface area contributed by atoms with Crippen molar-refractivity contribution in [3.05, 3.63) is 0 Å². The standard InChI is InChI=1S/C12H23NO3S/c14-11-8-6-10(7-9-11)13-17(15,16)12-4-2-1-3-5-12/h10-14H,1-9H2. The lowest BCUT2D eigenvalue weighted by Gasteiger charge is -2.29. The molecule has 0 saturated heterocycles. The van der Waals surface area contributed by atoms with Gasteiger partial charge in [-0.2, -0.15) is 0 Å². The molecule has 0 amide bonds. The molecule has 2 saturated carbocycles. The normalized spacial score (nSPS) is 32.5. The second-order valence-corrected chi connectivity index (χ2v) is 7.42. The van der Waals surface area contributed by atoms with Gasteiger partial charge >= 0.3 is 0 Å². The number of nitrogens with one attached hydrogen (secondary N) is 1. The van der Waals surface area contributed by atoms with Crippen molar-refractivity contribution in [2.45, 2.75) is 75.2 Å². The van der Waals surface area contributed by atoms with Crippen LogP contribution >= 0.6 is 0 Å². The fourth-order valence-corrected chi connectivity index (χ4v) is 4.74. The molecule has 0 aliphatic heterocycles. The van der Waals surface area contributed by atoms with Crippen molar-refractivity contribution in [1.82, 2.24) is 4.72 Å². The van der Waals surface area contributed by atoms with E-state index >= 15 is 0 Å². The van der Waals surface area contributed by atoms with E-state index in [0.717, 1.165) is 51.4 Å². The Hall–Kier alpha value is -0.130. The van der Waals surface area contributed by atoms with Crippen molar-refractivity contribution in [3.63, 3.8) is 0 Å².